The molecule has 0 fully saturated rings. The van der Waals surface area contributed by atoms with E-state index in [2.05, 4.69) is 39.8 Å². The molecule has 156 valence electrons. The van der Waals surface area contributed by atoms with Crippen molar-refractivity contribution in [3.63, 3.8) is 0 Å². The number of rotatable bonds is 6. The van der Waals surface area contributed by atoms with Crippen molar-refractivity contribution in [2.75, 3.05) is 10.6 Å². The van der Waals surface area contributed by atoms with E-state index in [1.807, 2.05) is 68.4 Å². The van der Waals surface area contributed by atoms with E-state index in [0.717, 1.165) is 16.8 Å². The van der Waals surface area contributed by atoms with Gasteiger partial charge in [0.05, 0.1) is 5.69 Å². The standard InChI is InChI=1S/C25H25N5O/c1-17-12-14-21(15-13-17)30-25(27-23(31)22-11-7-5-9-19(22)3)28-24(29-30)26-16-20-10-6-4-8-18(20)2/h4-15H,16H2,1-3H3,(H2,26,27,28,29,31). The number of nitrogens with one attached hydrogen (secondary N) is 2. The van der Waals surface area contributed by atoms with Crippen LogP contribution in [0.25, 0.3) is 5.69 Å². The average Bonchev–Trinajstić information content (AvgIpc) is 3.16. The third kappa shape index (κ3) is 4.64. The van der Waals surface area contributed by atoms with Gasteiger partial charge in [-0.25, -0.2) is 0 Å². The number of anilines is 2. The molecule has 2 N–H and O–H groups in total. The zero-order chi connectivity index (χ0) is 21.8. The van der Waals surface area contributed by atoms with E-state index in [9.17, 15) is 4.79 Å². The average molecular weight is 412 g/mol. The highest BCUT2D eigenvalue weighted by Gasteiger charge is 2.16. The maximum Gasteiger partial charge on any atom is 0.258 e. The summed E-state index contributed by atoms with van der Waals surface area (Å²) in [5.41, 5.74) is 5.84. The molecule has 6 heteroatoms. The van der Waals surface area contributed by atoms with Crippen molar-refractivity contribution < 1.29 is 4.79 Å². The maximum absolute atomic E-state index is 12.9. The van der Waals surface area contributed by atoms with Crippen LogP contribution in [0.4, 0.5) is 11.9 Å². The summed E-state index contributed by atoms with van der Waals surface area (Å²) in [6.07, 6.45) is 0. The highest BCUT2D eigenvalue weighted by atomic mass is 16.1. The van der Waals surface area contributed by atoms with Crippen LogP contribution in [-0.2, 0) is 6.54 Å². The summed E-state index contributed by atoms with van der Waals surface area (Å²) < 4.78 is 1.65. The topological polar surface area (TPSA) is 71.8 Å². The first-order valence-electron chi connectivity index (χ1n) is 10.2. The largest absolute Gasteiger partial charge is 0.349 e. The Bertz CT molecular complexity index is 1210. The van der Waals surface area contributed by atoms with Crippen molar-refractivity contribution in [2.24, 2.45) is 0 Å². The Morgan fingerprint density at radius 2 is 1.55 bits per heavy atom. The molecule has 1 aromatic heterocycles. The van der Waals surface area contributed by atoms with Gasteiger partial charge in [0.2, 0.25) is 11.9 Å². The second kappa shape index (κ2) is 8.83. The zero-order valence-electron chi connectivity index (χ0n) is 17.9. The minimum atomic E-state index is -0.218. The Labute approximate surface area is 182 Å². The molecule has 1 heterocycles. The van der Waals surface area contributed by atoms with Gasteiger partial charge in [-0.2, -0.15) is 9.67 Å². The lowest BCUT2D eigenvalue weighted by molar-refractivity contribution is 0.102. The van der Waals surface area contributed by atoms with Crippen LogP contribution in [0.5, 0.6) is 0 Å². The molecule has 31 heavy (non-hydrogen) atoms. The molecule has 0 atom stereocenters. The molecule has 0 radical (unpaired) electrons. The molecule has 0 unspecified atom stereocenters. The normalized spacial score (nSPS) is 10.7. The number of nitrogens with zero attached hydrogens (tertiary/aromatic N) is 3. The third-order valence-corrected chi connectivity index (χ3v) is 5.20. The molecule has 0 aliphatic heterocycles. The van der Waals surface area contributed by atoms with E-state index in [0.29, 0.717) is 24.0 Å². The number of aromatic nitrogens is 3. The van der Waals surface area contributed by atoms with Gasteiger partial charge in [0.15, 0.2) is 0 Å². The molecular weight excluding hydrogens is 386 g/mol. The molecule has 6 nitrogen and oxygen atoms in total. The Hall–Kier alpha value is -3.93. The first kappa shape index (κ1) is 20.3. The number of aryl methyl sites for hydroxylation is 3. The van der Waals surface area contributed by atoms with Crippen LogP contribution in [0.2, 0.25) is 0 Å². The lowest BCUT2D eigenvalue weighted by atomic mass is 10.1. The van der Waals surface area contributed by atoms with Gasteiger partial charge in [0.1, 0.15) is 0 Å². The van der Waals surface area contributed by atoms with Crippen LogP contribution in [0, 0.1) is 20.8 Å². The van der Waals surface area contributed by atoms with Gasteiger partial charge in [-0.1, -0.05) is 60.2 Å². The number of carbonyl (C=O) groups excluding carboxylic acids is 1. The molecule has 4 aromatic rings. The van der Waals surface area contributed by atoms with Crippen LogP contribution < -0.4 is 10.6 Å². The van der Waals surface area contributed by atoms with Gasteiger partial charge in [0, 0.05) is 12.1 Å². The predicted molar refractivity (Wildman–Crippen MR) is 124 cm³/mol. The summed E-state index contributed by atoms with van der Waals surface area (Å²) in [7, 11) is 0. The van der Waals surface area contributed by atoms with E-state index >= 15 is 0 Å². The minimum Gasteiger partial charge on any atom is -0.349 e. The van der Waals surface area contributed by atoms with Crippen molar-refractivity contribution in [1.29, 1.82) is 0 Å². The third-order valence-electron chi connectivity index (χ3n) is 5.20. The van der Waals surface area contributed by atoms with Crippen LogP contribution in [-0.4, -0.2) is 20.7 Å². The lowest BCUT2D eigenvalue weighted by Crippen LogP contribution is -2.17. The van der Waals surface area contributed by atoms with E-state index in [1.54, 1.807) is 10.7 Å². The van der Waals surface area contributed by atoms with Gasteiger partial charge < -0.3 is 5.32 Å². The van der Waals surface area contributed by atoms with E-state index in [4.69, 9.17) is 0 Å². The fraction of sp³-hybridized carbons (Fsp3) is 0.160. The molecule has 3 aromatic carbocycles. The molecule has 0 saturated heterocycles. The Kier molecular flexibility index (Phi) is 5.80. The summed E-state index contributed by atoms with van der Waals surface area (Å²) in [5, 5.41) is 10.8. The lowest BCUT2D eigenvalue weighted by Gasteiger charge is -2.09. The monoisotopic (exact) mass is 411 g/mol. The van der Waals surface area contributed by atoms with Crippen molar-refractivity contribution >= 4 is 17.8 Å². The highest BCUT2D eigenvalue weighted by molar-refractivity contribution is 6.04. The second-order valence-electron chi connectivity index (χ2n) is 7.56. The fourth-order valence-electron chi connectivity index (χ4n) is 3.31. The molecule has 0 spiro atoms. The molecule has 1 amide bonds. The van der Waals surface area contributed by atoms with Gasteiger partial charge in [-0.15, -0.1) is 5.10 Å². The molecule has 0 aliphatic carbocycles. The van der Waals surface area contributed by atoms with E-state index < -0.39 is 0 Å². The number of benzene rings is 3. The Morgan fingerprint density at radius 1 is 0.871 bits per heavy atom. The second-order valence-corrected chi connectivity index (χ2v) is 7.56. The van der Waals surface area contributed by atoms with Crippen LogP contribution in [0.15, 0.2) is 72.8 Å². The van der Waals surface area contributed by atoms with Crippen molar-refractivity contribution in [1.82, 2.24) is 14.8 Å². The number of hydrogen-bond acceptors (Lipinski definition) is 4. The molecule has 0 aliphatic rings. The van der Waals surface area contributed by atoms with Crippen LogP contribution in [0.3, 0.4) is 0 Å². The van der Waals surface area contributed by atoms with E-state index in [1.165, 1.54) is 11.1 Å². The van der Waals surface area contributed by atoms with Gasteiger partial charge in [-0.3, -0.25) is 10.1 Å². The Morgan fingerprint density at radius 3 is 2.26 bits per heavy atom. The van der Waals surface area contributed by atoms with Crippen molar-refractivity contribution in [3.8, 4) is 5.69 Å². The van der Waals surface area contributed by atoms with Gasteiger partial charge in [0.25, 0.3) is 5.91 Å². The van der Waals surface area contributed by atoms with Crippen molar-refractivity contribution in [3.05, 3.63) is 101 Å². The predicted octanol–water partition coefficient (Wildman–Crippen LogP) is 5.06. The quantitative estimate of drug-likeness (QED) is 0.465. The van der Waals surface area contributed by atoms with Gasteiger partial charge >= 0.3 is 0 Å². The highest BCUT2D eigenvalue weighted by Crippen LogP contribution is 2.19. The van der Waals surface area contributed by atoms with Crippen molar-refractivity contribution in [2.45, 2.75) is 27.3 Å². The minimum absolute atomic E-state index is 0.218. The summed E-state index contributed by atoms with van der Waals surface area (Å²) in [5.74, 6) is 0.595. The first-order valence-corrected chi connectivity index (χ1v) is 10.2. The molecule has 0 saturated carbocycles. The fourth-order valence-corrected chi connectivity index (χ4v) is 3.31. The summed E-state index contributed by atoms with van der Waals surface area (Å²) in [4.78, 5) is 17.5. The number of amides is 1. The van der Waals surface area contributed by atoms with Crippen LogP contribution >= 0.6 is 0 Å². The Balaban J connectivity index is 1.63. The summed E-state index contributed by atoms with van der Waals surface area (Å²) >= 11 is 0. The van der Waals surface area contributed by atoms with Crippen LogP contribution in [0.1, 0.15) is 32.6 Å². The maximum atomic E-state index is 12.9. The number of carbonyl (C=O) groups is 1. The summed E-state index contributed by atoms with van der Waals surface area (Å²) in [6.45, 7) is 6.61. The molecular formula is C25H25N5O. The SMILES string of the molecule is Cc1ccc(-n2nc(NCc3ccccc3C)nc2NC(=O)c2ccccc2C)cc1. The first-order chi connectivity index (χ1) is 15.0. The molecule has 4 rings (SSSR count). The summed E-state index contributed by atoms with van der Waals surface area (Å²) in [6, 6.07) is 23.6. The van der Waals surface area contributed by atoms with Gasteiger partial charge in [-0.05, 0) is 55.7 Å². The van der Waals surface area contributed by atoms with E-state index in [-0.39, 0.29) is 5.91 Å². The number of hydrogen-bond donors (Lipinski definition) is 2. The zero-order valence-corrected chi connectivity index (χ0v) is 17.9. The molecule has 0 bridgehead atoms. The smallest absolute Gasteiger partial charge is 0.258 e.